The van der Waals surface area contributed by atoms with Crippen LogP contribution in [0.1, 0.15) is 22.6 Å². The van der Waals surface area contributed by atoms with Crippen molar-refractivity contribution >= 4 is 49.6 Å². The molecule has 0 aliphatic carbocycles. The van der Waals surface area contributed by atoms with E-state index in [-0.39, 0.29) is 18.9 Å². The molecule has 0 aliphatic rings. The summed E-state index contributed by atoms with van der Waals surface area (Å²) in [6, 6.07) is 42.5. The van der Waals surface area contributed by atoms with E-state index in [2.05, 4.69) is 115 Å². The molecule has 0 amide bonds. The molecule has 0 spiro atoms. The maximum absolute atomic E-state index is 2.20. The molecule has 4 aromatic rings. The first-order chi connectivity index (χ1) is 12.8. The zero-order chi connectivity index (χ0) is 18.0. The van der Waals surface area contributed by atoms with Crippen molar-refractivity contribution in [3.05, 3.63) is 138 Å². The van der Waals surface area contributed by atoms with Gasteiger partial charge in [0.25, 0.3) is 0 Å². The summed E-state index contributed by atoms with van der Waals surface area (Å²) in [6.07, 6.45) is 0. The summed E-state index contributed by atoms with van der Waals surface area (Å²) in [5, 5.41) is 0. The summed E-state index contributed by atoms with van der Waals surface area (Å²) >= 11 is 1.17. The van der Waals surface area contributed by atoms with Gasteiger partial charge in [-0.2, -0.15) is 0 Å². The number of rotatable bonds is 3. The summed E-state index contributed by atoms with van der Waals surface area (Å²) in [5.74, 6) is 0.309. The van der Waals surface area contributed by atoms with E-state index in [0.29, 0.717) is 5.92 Å². The third kappa shape index (κ3) is 6.85. The van der Waals surface area contributed by atoms with E-state index < -0.39 is 0 Å². The summed E-state index contributed by atoms with van der Waals surface area (Å²) in [7, 11) is 0. The van der Waals surface area contributed by atoms with Crippen molar-refractivity contribution < 1.29 is 0 Å². The molecule has 4 aromatic carbocycles. The normalized spacial score (nSPS) is 9.74. The van der Waals surface area contributed by atoms with Crippen molar-refractivity contribution in [3.63, 3.8) is 0 Å². The van der Waals surface area contributed by atoms with Gasteiger partial charge in [0.1, 0.15) is 0 Å². The smallest absolute Gasteiger partial charge is 0.0339 e. The average molecular weight is 352 g/mol. The van der Waals surface area contributed by atoms with Crippen LogP contribution in [0.4, 0.5) is 0 Å². The van der Waals surface area contributed by atoms with Crippen LogP contribution >= 0.6 is 0 Å². The van der Waals surface area contributed by atoms with Crippen molar-refractivity contribution in [3.8, 4) is 0 Å². The number of benzene rings is 4. The van der Waals surface area contributed by atoms with Crippen molar-refractivity contribution in [1.82, 2.24) is 0 Å². The Morgan fingerprint density at radius 2 is 0.667 bits per heavy atom. The minimum absolute atomic E-state index is 0. The molecule has 27 heavy (non-hydrogen) atoms. The quantitative estimate of drug-likeness (QED) is 0.370. The number of hydrogen-bond donors (Lipinski definition) is 0. The van der Waals surface area contributed by atoms with Crippen molar-refractivity contribution in [2.45, 2.75) is 5.92 Å². The third-order valence-electron chi connectivity index (χ3n) is 4.34. The van der Waals surface area contributed by atoms with Gasteiger partial charge in [-0.15, -0.1) is 0 Å². The van der Waals surface area contributed by atoms with Gasteiger partial charge in [0.15, 0.2) is 0 Å². The second-order valence-electron chi connectivity index (χ2n) is 6.32. The number of hydrogen-bond acceptors (Lipinski definition) is 0. The molecule has 0 N–H and O–H groups in total. The van der Waals surface area contributed by atoms with Crippen LogP contribution in [0.15, 0.2) is 121 Å². The molecule has 0 heterocycles. The molecular weight excluding hydrogens is 330 g/mol. The topological polar surface area (TPSA) is 0 Å². The SMILES string of the molecule is [LiH].[Na][c]1ccccc1.c1ccc(C(c2ccccc2)c2ccccc2)cc1. The van der Waals surface area contributed by atoms with Crippen LogP contribution < -0.4 is 2.81 Å². The molecule has 0 radical (unpaired) electrons. The van der Waals surface area contributed by atoms with Crippen LogP contribution in [0.25, 0.3) is 0 Å². The fourth-order valence-electron chi connectivity index (χ4n) is 3.05. The Bertz CT molecular complexity index is 784. The Labute approximate surface area is 192 Å². The van der Waals surface area contributed by atoms with Gasteiger partial charge in [0.2, 0.25) is 0 Å². The predicted octanol–water partition coefficient (Wildman–Crippen LogP) is 4.70. The van der Waals surface area contributed by atoms with Crippen molar-refractivity contribution in [1.29, 1.82) is 0 Å². The van der Waals surface area contributed by atoms with Gasteiger partial charge in [-0.3, -0.25) is 0 Å². The molecule has 0 fully saturated rings. The fraction of sp³-hybridized carbons (Fsp3) is 0.0400. The molecule has 2 heteroatoms. The molecule has 0 bridgehead atoms. The molecule has 0 atom stereocenters. The van der Waals surface area contributed by atoms with E-state index in [4.69, 9.17) is 0 Å². The van der Waals surface area contributed by atoms with Crippen LogP contribution in [0, 0.1) is 0 Å². The minimum Gasteiger partial charge on any atom is -0.0622 e. The zero-order valence-corrected chi connectivity index (χ0v) is 17.1. The second-order valence-corrected chi connectivity index (χ2v) is 7.47. The Kier molecular flexibility index (Phi) is 9.71. The van der Waals surface area contributed by atoms with Gasteiger partial charge >= 0.3 is 79.9 Å². The van der Waals surface area contributed by atoms with E-state index in [1.807, 2.05) is 6.07 Å². The first-order valence-electron chi connectivity index (χ1n) is 9.01. The molecule has 0 unspecified atom stereocenters. The van der Waals surface area contributed by atoms with E-state index in [1.54, 1.807) is 0 Å². The average Bonchev–Trinajstić information content (AvgIpc) is 2.72. The van der Waals surface area contributed by atoms with E-state index >= 15 is 0 Å². The zero-order valence-electron chi connectivity index (χ0n) is 15.1. The molecule has 0 saturated carbocycles. The fourth-order valence-corrected chi connectivity index (χ4v) is 3.43. The summed E-state index contributed by atoms with van der Waals surface area (Å²) < 4.78 is 1.46. The van der Waals surface area contributed by atoms with Crippen LogP contribution in [-0.4, -0.2) is 46.8 Å². The van der Waals surface area contributed by atoms with Gasteiger partial charge in [-0.1, -0.05) is 91.0 Å². The van der Waals surface area contributed by atoms with Crippen LogP contribution in [0.5, 0.6) is 0 Å². The third-order valence-corrected chi connectivity index (χ3v) is 5.01. The minimum atomic E-state index is 0. The maximum atomic E-state index is 2.20. The Morgan fingerprint density at radius 3 is 0.889 bits per heavy atom. The standard InChI is InChI=1S/C19H16.C6H5.Li.Na.H/c1-4-10-16(11-5-1)19(17-12-6-2-7-13-17)18-14-8-3-9-15-18;1-2-4-6-5-3-1;;;/h1-15,19H;1-5H;;;. The first-order valence-corrected chi connectivity index (χ1v) is 10.0. The van der Waals surface area contributed by atoms with E-state index in [0.717, 1.165) is 0 Å². The van der Waals surface area contributed by atoms with Crippen LogP contribution in [0.3, 0.4) is 0 Å². The monoisotopic (exact) mass is 352 g/mol. The van der Waals surface area contributed by atoms with Crippen molar-refractivity contribution in [2.75, 3.05) is 0 Å². The summed E-state index contributed by atoms with van der Waals surface area (Å²) in [4.78, 5) is 0. The molecule has 4 rings (SSSR count). The second kappa shape index (κ2) is 12.0. The first kappa shape index (κ1) is 21.8. The van der Waals surface area contributed by atoms with E-state index in [1.165, 1.54) is 47.4 Å². The summed E-state index contributed by atoms with van der Waals surface area (Å²) in [5.41, 5.74) is 4.00. The van der Waals surface area contributed by atoms with Gasteiger partial charge in [-0.05, 0) is 16.7 Å². The molecule has 0 aliphatic heterocycles. The maximum Gasteiger partial charge on any atom is 0.0339 e. The molecule has 0 aromatic heterocycles. The molecular formula is C25H22LiNa. The molecule has 124 valence electrons. The van der Waals surface area contributed by atoms with Gasteiger partial charge < -0.3 is 0 Å². The summed E-state index contributed by atoms with van der Waals surface area (Å²) in [6.45, 7) is 0. The Balaban J connectivity index is 0.000000278. The Morgan fingerprint density at radius 1 is 0.407 bits per heavy atom. The Hall–Kier alpha value is -1.52. The molecule has 0 saturated heterocycles. The van der Waals surface area contributed by atoms with Crippen LogP contribution in [-0.2, 0) is 0 Å². The predicted molar refractivity (Wildman–Crippen MR) is 119 cm³/mol. The van der Waals surface area contributed by atoms with Gasteiger partial charge in [-0.25, -0.2) is 0 Å². The van der Waals surface area contributed by atoms with Gasteiger partial charge in [0.05, 0.1) is 0 Å². The van der Waals surface area contributed by atoms with Crippen LogP contribution in [0.2, 0.25) is 0 Å². The molecule has 0 nitrogen and oxygen atoms in total. The largest absolute Gasteiger partial charge is 0.0622 e. The van der Waals surface area contributed by atoms with Gasteiger partial charge in [0, 0.05) is 5.92 Å². The van der Waals surface area contributed by atoms with E-state index in [9.17, 15) is 0 Å². The van der Waals surface area contributed by atoms with Crippen molar-refractivity contribution in [2.24, 2.45) is 0 Å².